The number of non-ortho nitro benzene ring substituents is 1. The Balaban J connectivity index is 1.45. The van der Waals surface area contributed by atoms with Gasteiger partial charge in [0.05, 0.1) is 4.92 Å². The van der Waals surface area contributed by atoms with Crippen molar-refractivity contribution in [3.8, 4) is 5.75 Å². The molecular formula is C23H15IN2O5. The van der Waals surface area contributed by atoms with E-state index in [1.165, 1.54) is 24.3 Å². The maximum absolute atomic E-state index is 12.2. The maximum Gasteiger partial charge on any atom is 0.363 e. The first-order chi connectivity index (χ1) is 15.0. The second-order valence-electron chi connectivity index (χ2n) is 6.59. The van der Waals surface area contributed by atoms with Crippen LogP contribution in [-0.2, 0) is 16.1 Å². The van der Waals surface area contributed by atoms with Gasteiger partial charge < -0.3 is 9.47 Å². The van der Waals surface area contributed by atoms with Gasteiger partial charge in [0.2, 0.25) is 5.90 Å². The van der Waals surface area contributed by atoms with E-state index in [4.69, 9.17) is 9.47 Å². The highest BCUT2D eigenvalue weighted by Crippen LogP contribution is 2.22. The molecule has 0 N–H and O–H groups in total. The Morgan fingerprint density at radius 2 is 1.74 bits per heavy atom. The van der Waals surface area contributed by atoms with Crippen LogP contribution in [0.1, 0.15) is 16.7 Å². The van der Waals surface area contributed by atoms with Gasteiger partial charge in [-0.1, -0.05) is 30.3 Å². The molecule has 3 aromatic carbocycles. The molecule has 7 nitrogen and oxygen atoms in total. The number of benzene rings is 3. The van der Waals surface area contributed by atoms with Gasteiger partial charge in [-0.15, -0.1) is 0 Å². The van der Waals surface area contributed by atoms with Gasteiger partial charge in [0.1, 0.15) is 12.4 Å². The third-order valence-electron chi connectivity index (χ3n) is 4.48. The predicted octanol–water partition coefficient (Wildman–Crippen LogP) is 5.12. The number of cyclic esters (lactones) is 1. The van der Waals surface area contributed by atoms with E-state index in [2.05, 4.69) is 27.6 Å². The average molecular weight is 526 g/mol. The monoisotopic (exact) mass is 526 g/mol. The molecule has 1 heterocycles. The highest BCUT2D eigenvalue weighted by atomic mass is 127. The molecule has 0 radical (unpaired) electrons. The Morgan fingerprint density at radius 3 is 2.42 bits per heavy atom. The minimum absolute atomic E-state index is 0.0475. The Hall–Kier alpha value is -3.53. The summed E-state index contributed by atoms with van der Waals surface area (Å²) in [7, 11) is 0. The summed E-state index contributed by atoms with van der Waals surface area (Å²) in [6.07, 6.45) is 1.62. The number of nitro groups is 1. The van der Waals surface area contributed by atoms with Gasteiger partial charge in [-0.25, -0.2) is 9.79 Å². The molecule has 0 fully saturated rings. The van der Waals surface area contributed by atoms with E-state index in [-0.39, 0.29) is 17.3 Å². The molecule has 1 aliphatic rings. The molecule has 0 atom stereocenters. The fourth-order valence-electron chi connectivity index (χ4n) is 2.85. The van der Waals surface area contributed by atoms with Crippen LogP contribution in [0.2, 0.25) is 0 Å². The zero-order valence-electron chi connectivity index (χ0n) is 16.0. The molecule has 0 aromatic heterocycles. The molecule has 154 valence electrons. The van der Waals surface area contributed by atoms with Crippen molar-refractivity contribution in [3.63, 3.8) is 0 Å². The molecular weight excluding hydrogens is 511 g/mol. The lowest BCUT2D eigenvalue weighted by atomic mass is 10.2. The number of nitrogens with zero attached hydrogens (tertiary/aromatic N) is 2. The van der Waals surface area contributed by atoms with Crippen LogP contribution in [0.15, 0.2) is 83.5 Å². The molecule has 0 saturated heterocycles. The van der Waals surface area contributed by atoms with Gasteiger partial charge in [0.15, 0.2) is 5.70 Å². The van der Waals surface area contributed by atoms with Crippen LogP contribution in [0.3, 0.4) is 0 Å². The van der Waals surface area contributed by atoms with Crippen molar-refractivity contribution < 1.29 is 19.2 Å². The van der Waals surface area contributed by atoms with Crippen LogP contribution >= 0.6 is 22.6 Å². The van der Waals surface area contributed by atoms with Crippen molar-refractivity contribution in [1.82, 2.24) is 0 Å². The molecule has 0 bridgehead atoms. The second kappa shape index (κ2) is 9.09. The summed E-state index contributed by atoms with van der Waals surface area (Å²) < 4.78 is 12.2. The van der Waals surface area contributed by atoms with Crippen LogP contribution in [0.5, 0.6) is 5.75 Å². The van der Waals surface area contributed by atoms with E-state index in [1.807, 2.05) is 48.5 Å². The zero-order valence-corrected chi connectivity index (χ0v) is 18.2. The first-order valence-electron chi connectivity index (χ1n) is 9.23. The fraction of sp³-hybridized carbons (Fsp3) is 0.0435. The number of ether oxygens (including phenoxy) is 2. The van der Waals surface area contributed by atoms with Gasteiger partial charge in [-0.2, -0.15) is 0 Å². The van der Waals surface area contributed by atoms with Crippen molar-refractivity contribution in [2.75, 3.05) is 0 Å². The van der Waals surface area contributed by atoms with E-state index >= 15 is 0 Å². The van der Waals surface area contributed by atoms with E-state index in [0.717, 1.165) is 14.7 Å². The summed E-state index contributed by atoms with van der Waals surface area (Å²) in [5.74, 6) is 0.252. The van der Waals surface area contributed by atoms with Crippen LogP contribution in [0, 0.1) is 13.7 Å². The highest BCUT2D eigenvalue weighted by molar-refractivity contribution is 14.1. The molecule has 0 aliphatic carbocycles. The Morgan fingerprint density at radius 1 is 1.03 bits per heavy atom. The molecule has 0 saturated carbocycles. The molecule has 1 aliphatic heterocycles. The molecule has 0 amide bonds. The lowest BCUT2D eigenvalue weighted by Gasteiger charge is -2.08. The van der Waals surface area contributed by atoms with E-state index < -0.39 is 10.9 Å². The van der Waals surface area contributed by atoms with Crippen LogP contribution in [0.25, 0.3) is 6.08 Å². The number of rotatable bonds is 6. The van der Waals surface area contributed by atoms with Crippen molar-refractivity contribution >= 4 is 46.2 Å². The van der Waals surface area contributed by atoms with Gasteiger partial charge in [0.25, 0.3) is 5.69 Å². The SMILES string of the molecule is O=C1OC(c2ccc([N+](=O)[O-])cc2)=N/C1=C\c1ccc(OCc2ccccc2I)cc1. The first kappa shape index (κ1) is 20.7. The third-order valence-corrected chi connectivity index (χ3v) is 5.53. The van der Waals surface area contributed by atoms with Crippen molar-refractivity contribution in [3.05, 3.63) is 109 Å². The number of hydrogen-bond acceptors (Lipinski definition) is 6. The van der Waals surface area contributed by atoms with E-state index in [1.54, 1.807) is 6.08 Å². The summed E-state index contributed by atoms with van der Waals surface area (Å²) in [5.41, 5.74) is 2.47. The molecule has 4 rings (SSSR count). The number of esters is 1. The lowest BCUT2D eigenvalue weighted by Crippen LogP contribution is -2.05. The number of carbonyl (C=O) groups excluding carboxylic acids is 1. The minimum atomic E-state index is -0.577. The highest BCUT2D eigenvalue weighted by Gasteiger charge is 2.24. The number of nitro benzene ring substituents is 1. The third kappa shape index (κ3) is 4.97. The summed E-state index contributed by atoms with van der Waals surface area (Å²) in [6.45, 7) is 0.467. The first-order valence-corrected chi connectivity index (χ1v) is 10.3. The lowest BCUT2D eigenvalue weighted by molar-refractivity contribution is -0.384. The van der Waals surface area contributed by atoms with Gasteiger partial charge in [-0.3, -0.25) is 10.1 Å². The predicted molar refractivity (Wildman–Crippen MR) is 124 cm³/mol. The largest absolute Gasteiger partial charge is 0.489 e. The number of halogens is 1. The summed E-state index contributed by atoms with van der Waals surface area (Å²) >= 11 is 2.27. The number of carbonyl (C=O) groups is 1. The van der Waals surface area contributed by atoms with Crippen LogP contribution in [0.4, 0.5) is 5.69 Å². The van der Waals surface area contributed by atoms with E-state index in [0.29, 0.717) is 17.9 Å². The van der Waals surface area contributed by atoms with E-state index in [9.17, 15) is 14.9 Å². The zero-order chi connectivity index (χ0) is 21.8. The molecule has 3 aromatic rings. The minimum Gasteiger partial charge on any atom is -0.489 e. The van der Waals surface area contributed by atoms with Crippen molar-refractivity contribution in [2.45, 2.75) is 6.61 Å². The topological polar surface area (TPSA) is 91.0 Å². The van der Waals surface area contributed by atoms with Crippen molar-refractivity contribution in [2.24, 2.45) is 4.99 Å². The molecule has 31 heavy (non-hydrogen) atoms. The quantitative estimate of drug-likeness (QED) is 0.146. The number of hydrogen-bond donors (Lipinski definition) is 0. The Bertz CT molecular complexity index is 1200. The number of aliphatic imine (C=N–C) groups is 1. The van der Waals surface area contributed by atoms with Crippen molar-refractivity contribution in [1.29, 1.82) is 0 Å². The van der Waals surface area contributed by atoms with Gasteiger partial charge in [-0.05, 0) is 64.6 Å². The standard InChI is InChI=1S/C23H15IN2O5/c24-20-4-2-1-3-17(20)14-30-19-11-5-15(6-12-19)13-21-23(27)31-22(25-21)16-7-9-18(10-8-16)26(28)29/h1-13H,14H2/b21-13-. The molecule has 0 unspecified atom stereocenters. The van der Waals surface area contributed by atoms with Gasteiger partial charge >= 0.3 is 5.97 Å². The average Bonchev–Trinajstić information content (AvgIpc) is 3.14. The maximum atomic E-state index is 12.2. The normalized spacial score (nSPS) is 14.3. The molecule has 8 heteroatoms. The van der Waals surface area contributed by atoms with Crippen LogP contribution < -0.4 is 4.74 Å². The summed E-state index contributed by atoms with van der Waals surface area (Å²) in [4.78, 5) is 26.6. The fourth-order valence-corrected chi connectivity index (χ4v) is 3.40. The Labute approximate surface area is 191 Å². The summed E-state index contributed by atoms with van der Waals surface area (Å²) in [5, 5.41) is 10.8. The Kier molecular flexibility index (Phi) is 6.08. The van der Waals surface area contributed by atoms with Crippen LogP contribution in [-0.4, -0.2) is 16.8 Å². The molecule has 0 spiro atoms. The van der Waals surface area contributed by atoms with Gasteiger partial charge in [0, 0.05) is 26.8 Å². The second-order valence-corrected chi connectivity index (χ2v) is 7.75. The summed E-state index contributed by atoms with van der Waals surface area (Å²) in [6, 6.07) is 21.0. The smallest absolute Gasteiger partial charge is 0.363 e.